The molecule has 0 amide bonds. The molecule has 168 valence electrons. The maximum atomic E-state index is 10.5. The van der Waals surface area contributed by atoms with Crippen LogP contribution in [0.25, 0.3) is 0 Å². The minimum atomic E-state index is -0.551. The first-order valence-corrected chi connectivity index (χ1v) is 11.1. The molecule has 0 aliphatic carbocycles. The molecule has 3 fully saturated rings. The van der Waals surface area contributed by atoms with Gasteiger partial charge in [-0.15, -0.1) is 0 Å². The van der Waals surface area contributed by atoms with Crippen LogP contribution in [0.5, 0.6) is 11.5 Å². The Kier molecular flexibility index (Phi) is 6.55. The number of aliphatic hydroxyl groups excluding tert-OH is 1. The molecule has 7 heteroatoms. The van der Waals surface area contributed by atoms with Gasteiger partial charge >= 0.3 is 0 Å². The van der Waals surface area contributed by atoms with E-state index in [1.807, 2.05) is 6.07 Å². The molecule has 4 rings (SSSR count). The third-order valence-corrected chi connectivity index (χ3v) is 6.36. The fraction of sp³-hybridized carbons (Fsp3) is 0.739. The van der Waals surface area contributed by atoms with Gasteiger partial charge in [0.2, 0.25) is 0 Å². The number of aliphatic hydroxyl groups is 1. The van der Waals surface area contributed by atoms with Crippen LogP contribution in [0.4, 0.5) is 0 Å². The third-order valence-electron chi connectivity index (χ3n) is 6.36. The van der Waals surface area contributed by atoms with Gasteiger partial charge < -0.3 is 24.2 Å². The lowest BCUT2D eigenvalue weighted by molar-refractivity contribution is -0.107. The molecule has 0 bridgehead atoms. The van der Waals surface area contributed by atoms with Crippen molar-refractivity contribution in [2.24, 2.45) is 5.41 Å². The number of nitrogens with zero attached hydrogens (tertiary/aromatic N) is 3. The Morgan fingerprint density at radius 1 is 1.10 bits per heavy atom. The van der Waals surface area contributed by atoms with Gasteiger partial charge in [0.25, 0.3) is 0 Å². The van der Waals surface area contributed by atoms with Crippen LogP contribution < -0.4 is 9.47 Å². The van der Waals surface area contributed by atoms with E-state index in [1.54, 1.807) is 7.11 Å². The SMILES string of the molecule is COc1cc(CN2CC3(CN(C)C3)C2)ccc1OCC(O)CN1C[C@@H](C)O[C@@H](C)C1. The van der Waals surface area contributed by atoms with E-state index in [-0.39, 0.29) is 18.8 Å². The number of morpholine rings is 1. The smallest absolute Gasteiger partial charge is 0.161 e. The van der Waals surface area contributed by atoms with Crippen molar-refractivity contribution in [1.29, 1.82) is 0 Å². The van der Waals surface area contributed by atoms with E-state index in [1.165, 1.54) is 31.7 Å². The summed E-state index contributed by atoms with van der Waals surface area (Å²) in [4.78, 5) is 7.13. The van der Waals surface area contributed by atoms with Gasteiger partial charge in [-0.1, -0.05) is 6.07 Å². The average molecular weight is 420 g/mol. The van der Waals surface area contributed by atoms with Crippen LogP contribution in [0.3, 0.4) is 0 Å². The van der Waals surface area contributed by atoms with Crippen LogP contribution in [-0.2, 0) is 11.3 Å². The van der Waals surface area contributed by atoms with Crippen molar-refractivity contribution >= 4 is 0 Å². The Morgan fingerprint density at radius 2 is 1.80 bits per heavy atom. The molecule has 1 N–H and O–H groups in total. The largest absolute Gasteiger partial charge is 0.493 e. The van der Waals surface area contributed by atoms with Gasteiger partial charge in [0.05, 0.1) is 19.3 Å². The van der Waals surface area contributed by atoms with E-state index >= 15 is 0 Å². The van der Waals surface area contributed by atoms with Gasteiger partial charge in [0.15, 0.2) is 11.5 Å². The second-order valence-electron chi connectivity index (χ2n) is 9.74. The summed E-state index contributed by atoms with van der Waals surface area (Å²) in [6.45, 7) is 12.4. The standard InChI is InChI=1S/C23H37N3O4/c1-17-8-25(9-18(2)30-17)11-20(27)12-29-21-6-5-19(7-22(21)28-4)10-26-15-23(16-26)13-24(3)14-23/h5-7,17-18,20,27H,8-16H2,1-4H3/t17-,18+,20?. The summed E-state index contributed by atoms with van der Waals surface area (Å²) in [5.41, 5.74) is 1.78. The molecule has 1 aromatic carbocycles. The maximum absolute atomic E-state index is 10.5. The summed E-state index contributed by atoms with van der Waals surface area (Å²) in [6, 6.07) is 6.13. The Morgan fingerprint density at radius 3 is 2.43 bits per heavy atom. The zero-order valence-electron chi connectivity index (χ0n) is 18.8. The first-order chi connectivity index (χ1) is 14.3. The van der Waals surface area contributed by atoms with Crippen LogP contribution in [-0.4, -0.2) is 105 Å². The summed E-state index contributed by atoms with van der Waals surface area (Å²) >= 11 is 0. The first kappa shape index (κ1) is 21.8. The van der Waals surface area contributed by atoms with Crippen LogP contribution >= 0.6 is 0 Å². The first-order valence-electron chi connectivity index (χ1n) is 11.1. The zero-order valence-corrected chi connectivity index (χ0v) is 18.8. The molecule has 1 unspecified atom stereocenters. The van der Waals surface area contributed by atoms with Crippen molar-refractivity contribution in [3.63, 3.8) is 0 Å². The normalized spacial score (nSPS) is 28.0. The maximum Gasteiger partial charge on any atom is 0.161 e. The van der Waals surface area contributed by atoms with Crippen LogP contribution in [0.1, 0.15) is 19.4 Å². The van der Waals surface area contributed by atoms with Crippen molar-refractivity contribution in [3.8, 4) is 11.5 Å². The highest BCUT2D eigenvalue weighted by atomic mass is 16.5. The van der Waals surface area contributed by atoms with Crippen molar-refractivity contribution in [2.45, 2.75) is 38.7 Å². The van der Waals surface area contributed by atoms with Gasteiger partial charge in [-0.3, -0.25) is 9.80 Å². The lowest BCUT2D eigenvalue weighted by atomic mass is 9.73. The quantitative estimate of drug-likeness (QED) is 0.681. The van der Waals surface area contributed by atoms with Gasteiger partial charge in [0.1, 0.15) is 12.7 Å². The molecule has 3 heterocycles. The van der Waals surface area contributed by atoms with E-state index in [9.17, 15) is 5.11 Å². The number of ether oxygens (including phenoxy) is 3. The number of β-amino-alcohol motifs (C(OH)–C–C–N with tert-alkyl or cyclic N) is 1. The molecular weight excluding hydrogens is 382 g/mol. The molecular formula is C23H37N3O4. The topological polar surface area (TPSA) is 57.6 Å². The van der Waals surface area contributed by atoms with Crippen molar-refractivity contribution < 1.29 is 19.3 Å². The summed E-state index contributed by atoms with van der Waals surface area (Å²) in [5, 5.41) is 10.5. The summed E-state index contributed by atoms with van der Waals surface area (Å²) in [7, 11) is 3.86. The van der Waals surface area contributed by atoms with Gasteiger partial charge in [-0.2, -0.15) is 0 Å². The lowest BCUT2D eigenvalue weighted by Gasteiger charge is -2.59. The highest BCUT2D eigenvalue weighted by Gasteiger charge is 2.49. The van der Waals surface area contributed by atoms with E-state index in [2.05, 4.69) is 47.7 Å². The fourth-order valence-electron chi connectivity index (χ4n) is 5.47. The molecule has 30 heavy (non-hydrogen) atoms. The van der Waals surface area contributed by atoms with E-state index < -0.39 is 6.10 Å². The summed E-state index contributed by atoms with van der Waals surface area (Å²) in [6.07, 6.45) is -0.160. The number of methoxy groups -OCH3 is 1. The van der Waals surface area contributed by atoms with Crippen LogP contribution in [0.2, 0.25) is 0 Å². The molecule has 1 aromatic rings. The molecule has 3 aliphatic rings. The van der Waals surface area contributed by atoms with E-state index in [0.717, 1.165) is 25.4 Å². The molecule has 3 saturated heterocycles. The van der Waals surface area contributed by atoms with Gasteiger partial charge in [-0.25, -0.2) is 0 Å². The van der Waals surface area contributed by atoms with Gasteiger partial charge in [0, 0.05) is 57.8 Å². The minimum absolute atomic E-state index is 0.195. The Bertz CT molecular complexity index is 706. The third kappa shape index (κ3) is 5.08. The lowest BCUT2D eigenvalue weighted by Crippen LogP contribution is -2.70. The zero-order chi connectivity index (χ0) is 21.3. The highest BCUT2D eigenvalue weighted by molar-refractivity contribution is 5.43. The molecule has 0 aromatic heterocycles. The number of hydrogen-bond donors (Lipinski definition) is 1. The number of likely N-dealkylation sites (tertiary alicyclic amines) is 2. The molecule has 3 aliphatic heterocycles. The average Bonchev–Trinajstić information content (AvgIpc) is 2.63. The van der Waals surface area contributed by atoms with Crippen LogP contribution in [0, 0.1) is 5.41 Å². The van der Waals surface area contributed by atoms with Crippen molar-refractivity contribution in [2.75, 3.05) is 66.6 Å². The minimum Gasteiger partial charge on any atom is -0.493 e. The second-order valence-corrected chi connectivity index (χ2v) is 9.74. The number of hydrogen-bond acceptors (Lipinski definition) is 7. The van der Waals surface area contributed by atoms with Crippen LogP contribution in [0.15, 0.2) is 18.2 Å². The Hall–Kier alpha value is -1.38. The highest BCUT2D eigenvalue weighted by Crippen LogP contribution is 2.39. The molecule has 0 radical (unpaired) electrons. The Labute approximate surface area is 180 Å². The van der Waals surface area contributed by atoms with Crippen molar-refractivity contribution in [1.82, 2.24) is 14.7 Å². The van der Waals surface area contributed by atoms with E-state index in [4.69, 9.17) is 14.2 Å². The van der Waals surface area contributed by atoms with Gasteiger partial charge in [-0.05, 0) is 38.6 Å². The molecule has 3 atom stereocenters. The van der Waals surface area contributed by atoms with Crippen molar-refractivity contribution in [3.05, 3.63) is 23.8 Å². The number of rotatable bonds is 8. The van der Waals surface area contributed by atoms with E-state index in [0.29, 0.717) is 17.7 Å². The molecule has 1 spiro atoms. The summed E-state index contributed by atoms with van der Waals surface area (Å²) in [5.74, 6) is 1.41. The fourth-order valence-corrected chi connectivity index (χ4v) is 5.47. The Balaban J connectivity index is 1.25. The monoisotopic (exact) mass is 419 g/mol. The number of benzene rings is 1. The summed E-state index contributed by atoms with van der Waals surface area (Å²) < 4.78 is 17.2. The predicted octanol–water partition coefficient (Wildman–Crippen LogP) is 1.29. The predicted molar refractivity (Wildman–Crippen MR) is 116 cm³/mol. The molecule has 7 nitrogen and oxygen atoms in total. The molecule has 0 saturated carbocycles. The second kappa shape index (κ2) is 9.01.